The second kappa shape index (κ2) is 3.22. The van der Waals surface area contributed by atoms with Crippen molar-refractivity contribution in [2.45, 2.75) is 13.3 Å². The van der Waals surface area contributed by atoms with Crippen LogP contribution in [0.3, 0.4) is 0 Å². The quantitative estimate of drug-likeness (QED) is 0.503. The Labute approximate surface area is 70.0 Å². The highest BCUT2D eigenvalue weighted by molar-refractivity contribution is 6.35. The van der Waals surface area contributed by atoms with Crippen molar-refractivity contribution >= 4 is 29.4 Å². The molecule has 0 aromatic heterocycles. The molecule has 0 aromatic carbocycles. The van der Waals surface area contributed by atoms with Crippen molar-refractivity contribution in [3.05, 3.63) is 21.8 Å². The average molecular weight is 176 g/mol. The van der Waals surface area contributed by atoms with Gasteiger partial charge >= 0.3 is 0 Å². The van der Waals surface area contributed by atoms with E-state index in [-0.39, 0.29) is 0 Å². The lowest BCUT2D eigenvalue weighted by molar-refractivity contribution is 1.28. The minimum Gasteiger partial charge on any atom is -0.249 e. The van der Waals surface area contributed by atoms with E-state index in [2.05, 4.69) is 4.99 Å². The van der Waals surface area contributed by atoms with Crippen LogP contribution in [0.5, 0.6) is 0 Å². The summed E-state index contributed by atoms with van der Waals surface area (Å²) in [5, 5.41) is 1.14. The molecule has 3 heteroatoms. The van der Waals surface area contributed by atoms with Crippen molar-refractivity contribution in [1.29, 1.82) is 0 Å². The Morgan fingerprint density at radius 2 is 2.20 bits per heavy atom. The molecule has 0 fully saturated rings. The van der Waals surface area contributed by atoms with Crippen LogP contribution in [0.1, 0.15) is 13.3 Å². The van der Waals surface area contributed by atoms with Crippen LogP contribution in [0.15, 0.2) is 26.8 Å². The van der Waals surface area contributed by atoms with Gasteiger partial charge < -0.3 is 0 Å². The summed E-state index contributed by atoms with van der Waals surface area (Å²) in [6.45, 7) is 1.96. The first-order valence-electron chi connectivity index (χ1n) is 2.95. The third-order valence-electron chi connectivity index (χ3n) is 1.27. The van der Waals surface area contributed by atoms with Crippen LogP contribution in [-0.4, -0.2) is 6.21 Å². The molecule has 1 rings (SSSR count). The lowest BCUT2D eigenvalue weighted by Crippen LogP contribution is -1.77. The minimum atomic E-state index is 0.446. The topological polar surface area (TPSA) is 12.4 Å². The van der Waals surface area contributed by atoms with Crippen molar-refractivity contribution in [2.75, 3.05) is 0 Å². The molecule has 0 aromatic rings. The summed E-state index contributed by atoms with van der Waals surface area (Å²) >= 11 is 11.4. The van der Waals surface area contributed by atoms with E-state index in [4.69, 9.17) is 23.2 Å². The van der Waals surface area contributed by atoms with Crippen molar-refractivity contribution in [3.8, 4) is 0 Å². The molecule has 0 bridgehead atoms. The Hall–Kier alpha value is -0.270. The van der Waals surface area contributed by atoms with Crippen LogP contribution in [0.4, 0.5) is 0 Å². The average Bonchev–Trinajstić information content (AvgIpc) is 1.96. The molecule has 0 spiro atoms. The van der Waals surface area contributed by atoms with E-state index in [0.29, 0.717) is 10.2 Å². The van der Waals surface area contributed by atoms with Gasteiger partial charge in [0.15, 0.2) is 0 Å². The number of allylic oxidation sites excluding steroid dienone is 3. The van der Waals surface area contributed by atoms with Crippen molar-refractivity contribution in [1.82, 2.24) is 0 Å². The summed E-state index contributed by atoms with van der Waals surface area (Å²) in [6.07, 6.45) is 4.19. The second-order valence-electron chi connectivity index (χ2n) is 2.11. The van der Waals surface area contributed by atoms with E-state index in [1.807, 2.05) is 6.92 Å². The Kier molecular flexibility index (Phi) is 2.52. The smallest absolute Gasteiger partial charge is 0.130 e. The van der Waals surface area contributed by atoms with Gasteiger partial charge in [0.25, 0.3) is 0 Å². The molecular weight excluding hydrogens is 169 g/mol. The summed E-state index contributed by atoms with van der Waals surface area (Å²) in [6, 6.07) is 0. The Bertz CT molecular complexity index is 226. The Balaban J connectivity index is 2.96. The zero-order chi connectivity index (χ0) is 7.56. The zero-order valence-corrected chi connectivity index (χ0v) is 7.08. The molecule has 1 heterocycles. The van der Waals surface area contributed by atoms with E-state index < -0.39 is 0 Å². The van der Waals surface area contributed by atoms with Gasteiger partial charge in [0.2, 0.25) is 0 Å². The van der Waals surface area contributed by atoms with Gasteiger partial charge in [-0.15, -0.1) is 0 Å². The highest BCUT2D eigenvalue weighted by Gasteiger charge is 2.00. The van der Waals surface area contributed by atoms with Gasteiger partial charge in [-0.3, -0.25) is 0 Å². The summed E-state index contributed by atoms with van der Waals surface area (Å²) in [4.78, 5) is 3.90. The lowest BCUT2D eigenvalue weighted by Gasteiger charge is -1.92. The number of aliphatic imine (C=N–C) groups is 1. The van der Waals surface area contributed by atoms with Crippen LogP contribution in [0, 0.1) is 0 Å². The molecule has 0 amide bonds. The number of nitrogens with zero attached hydrogens (tertiary/aromatic N) is 1. The monoisotopic (exact) mass is 175 g/mol. The van der Waals surface area contributed by atoms with Gasteiger partial charge in [0.1, 0.15) is 5.16 Å². The fourth-order valence-corrected chi connectivity index (χ4v) is 1.05. The van der Waals surface area contributed by atoms with Crippen molar-refractivity contribution in [3.63, 3.8) is 0 Å². The van der Waals surface area contributed by atoms with Crippen LogP contribution >= 0.6 is 23.2 Å². The third-order valence-corrected chi connectivity index (χ3v) is 1.90. The van der Waals surface area contributed by atoms with E-state index >= 15 is 0 Å². The molecule has 0 saturated carbocycles. The molecule has 0 unspecified atom stereocenters. The normalized spacial score (nSPS) is 18.9. The van der Waals surface area contributed by atoms with Crippen LogP contribution in [0.25, 0.3) is 0 Å². The van der Waals surface area contributed by atoms with Gasteiger partial charge in [-0.2, -0.15) is 0 Å². The first-order chi connectivity index (χ1) is 4.70. The lowest BCUT2D eigenvalue weighted by atomic mass is 10.2. The maximum Gasteiger partial charge on any atom is 0.130 e. The molecule has 0 aliphatic carbocycles. The Morgan fingerprint density at radius 1 is 1.50 bits per heavy atom. The Morgan fingerprint density at radius 3 is 2.90 bits per heavy atom. The van der Waals surface area contributed by atoms with Crippen LogP contribution in [0.2, 0.25) is 0 Å². The number of hydrogen-bond donors (Lipinski definition) is 0. The molecule has 10 heavy (non-hydrogen) atoms. The summed E-state index contributed by atoms with van der Waals surface area (Å²) in [5.74, 6) is 0. The van der Waals surface area contributed by atoms with Gasteiger partial charge in [-0.05, 0) is 18.6 Å². The third kappa shape index (κ3) is 1.86. The molecule has 1 nitrogen and oxygen atoms in total. The summed E-state index contributed by atoms with van der Waals surface area (Å²) in [5.41, 5.74) is 1.10. The number of hydrogen-bond acceptors (Lipinski definition) is 1. The number of rotatable bonds is 0. The maximum absolute atomic E-state index is 5.81. The van der Waals surface area contributed by atoms with Crippen molar-refractivity contribution < 1.29 is 0 Å². The molecule has 0 saturated heterocycles. The fraction of sp³-hybridized carbons (Fsp3) is 0.286. The first kappa shape index (κ1) is 7.83. The van der Waals surface area contributed by atoms with Crippen LogP contribution in [-0.2, 0) is 0 Å². The minimum absolute atomic E-state index is 0.446. The largest absolute Gasteiger partial charge is 0.249 e. The van der Waals surface area contributed by atoms with Gasteiger partial charge in [0, 0.05) is 17.7 Å². The van der Waals surface area contributed by atoms with E-state index in [9.17, 15) is 0 Å². The van der Waals surface area contributed by atoms with Gasteiger partial charge in [-0.1, -0.05) is 23.2 Å². The molecular formula is C7H7Cl2N. The zero-order valence-electron chi connectivity index (χ0n) is 5.56. The highest BCUT2D eigenvalue weighted by Crippen LogP contribution is 2.20. The van der Waals surface area contributed by atoms with E-state index in [0.717, 1.165) is 12.0 Å². The molecule has 1 aliphatic rings. The SMILES string of the molecule is CC1=C(Cl)C=C(Cl)N=CC1. The fourth-order valence-electron chi connectivity index (χ4n) is 0.632. The molecule has 0 radical (unpaired) electrons. The molecule has 1 aliphatic heterocycles. The highest BCUT2D eigenvalue weighted by atomic mass is 35.5. The molecule has 0 N–H and O–H groups in total. The summed E-state index contributed by atoms with van der Waals surface area (Å²) in [7, 11) is 0. The first-order valence-corrected chi connectivity index (χ1v) is 3.70. The second-order valence-corrected chi connectivity index (χ2v) is 2.91. The van der Waals surface area contributed by atoms with E-state index in [1.54, 1.807) is 12.3 Å². The van der Waals surface area contributed by atoms with Gasteiger partial charge in [0.05, 0.1) is 0 Å². The van der Waals surface area contributed by atoms with Crippen molar-refractivity contribution in [2.24, 2.45) is 4.99 Å². The molecule has 54 valence electrons. The maximum atomic E-state index is 5.81. The standard InChI is InChI=1S/C7H7Cl2N/c1-5-2-3-10-7(9)4-6(5)8/h3-4H,2H2,1H3. The predicted octanol–water partition coefficient (Wildman–Crippen LogP) is 3.05. The number of halogens is 2. The summed E-state index contributed by atoms with van der Waals surface area (Å²) < 4.78 is 0. The van der Waals surface area contributed by atoms with Gasteiger partial charge in [-0.25, -0.2) is 4.99 Å². The predicted molar refractivity (Wildman–Crippen MR) is 45.6 cm³/mol. The van der Waals surface area contributed by atoms with Crippen LogP contribution < -0.4 is 0 Å². The molecule has 0 atom stereocenters. The van der Waals surface area contributed by atoms with E-state index in [1.165, 1.54) is 0 Å².